The molecule has 112 valence electrons. The SMILES string of the molecule is Cc1ccc(S(=O)(=O)Nc2cccc3cc(C)cnc23)nc1. The van der Waals surface area contributed by atoms with E-state index in [4.69, 9.17) is 0 Å². The van der Waals surface area contributed by atoms with Crippen molar-refractivity contribution in [1.82, 2.24) is 9.97 Å². The average molecular weight is 313 g/mol. The summed E-state index contributed by atoms with van der Waals surface area (Å²) in [6.07, 6.45) is 3.24. The van der Waals surface area contributed by atoms with Gasteiger partial charge in [0.25, 0.3) is 10.0 Å². The van der Waals surface area contributed by atoms with Crippen LogP contribution < -0.4 is 4.72 Å². The van der Waals surface area contributed by atoms with Gasteiger partial charge in [-0.25, -0.2) is 4.98 Å². The summed E-state index contributed by atoms with van der Waals surface area (Å²) in [4.78, 5) is 8.29. The standard InChI is InChI=1S/C16H15N3O2S/c1-11-6-7-15(17-9-11)22(20,21)19-14-5-3-4-13-8-12(2)10-18-16(13)14/h3-10,19H,1-2H3. The zero-order chi connectivity index (χ0) is 15.7. The average Bonchev–Trinajstić information content (AvgIpc) is 2.47. The summed E-state index contributed by atoms with van der Waals surface area (Å²) in [5, 5.41) is 0.874. The quantitative estimate of drug-likeness (QED) is 0.806. The highest BCUT2D eigenvalue weighted by atomic mass is 32.2. The van der Waals surface area contributed by atoms with Gasteiger partial charge in [0.2, 0.25) is 0 Å². The van der Waals surface area contributed by atoms with Crippen LogP contribution in [0, 0.1) is 13.8 Å². The first-order valence-corrected chi connectivity index (χ1v) is 8.25. The van der Waals surface area contributed by atoms with Crippen molar-refractivity contribution in [2.45, 2.75) is 18.9 Å². The highest BCUT2D eigenvalue weighted by Gasteiger charge is 2.17. The van der Waals surface area contributed by atoms with Crippen molar-refractivity contribution in [2.75, 3.05) is 4.72 Å². The molecule has 0 aliphatic carbocycles. The molecule has 1 N–H and O–H groups in total. The first kappa shape index (κ1) is 14.5. The minimum atomic E-state index is -3.73. The van der Waals surface area contributed by atoms with Crippen LogP contribution in [-0.4, -0.2) is 18.4 Å². The largest absolute Gasteiger partial charge is 0.279 e. The number of nitrogens with one attached hydrogen (secondary N) is 1. The van der Waals surface area contributed by atoms with E-state index in [0.717, 1.165) is 16.5 Å². The molecular weight excluding hydrogens is 298 g/mol. The molecule has 0 radical (unpaired) electrons. The Morgan fingerprint density at radius 2 is 1.73 bits per heavy atom. The molecule has 0 saturated carbocycles. The molecule has 0 spiro atoms. The van der Waals surface area contributed by atoms with Crippen molar-refractivity contribution >= 4 is 26.6 Å². The molecule has 0 fully saturated rings. The van der Waals surface area contributed by atoms with Gasteiger partial charge in [0.15, 0.2) is 5.03 Å². The summed E-state index contributed by atoms with van der Waals surface area (Å²) < 4.78 is 27.4. The fourth-order valence-corrected chi connectivity index (χ4v) is 3.16. The molecule has 0 bridgehead atoms. The van der Waals surface area contributed by atoms with Crippen LogP contribution in [0.25, 0.3) is 10.9 Å². The molecule has 0 unspecified atom stereocenters. The second kappa shape index (κ2) is 5.38. The minimum Gasteiger partial charge on any atom is -0.276 e. The topological polar surface area (TPSA) is 72.0 Å². The molecule has 3 aromatic rings. The number of hydrogen-bond acceptors (Lipinski definition) is 4. The smallest absolute Gasteiger partial charge is 0.276 e. The summed E-state index contributed by atoms with van der Waals surface area (Å²) in [7, 11) is -3.73. The third-order valence-corrected chi connectivity index (χ3v) is 4.53. The molecule has 2 heterocycles. The molecule has 0 saturated heterocycles. The number of aryl methyl sites for hydroxylation is 2. The molecule has 0 aliphatic rings. The van der Waals surface area contributed by atoms with E-state index < -0.39 is 10.0 Å². The Balaban J connectivity index is 2.04. The van der Waals surface area contributed by atoms with Gasteiger partial charge in [-0.2, -0.15) is 8.42 Å². The van der Waals surface area contributed by atoms with Crippen LogP contribution in [0.3, 0.4) is 0 Å². The van der Waals surface area contributed by atoms with Crippen LogP contribution in [0.5, 0.6) is 0 Å². The molecule has 0 aliphatic heterocycles. The number of nitrogens with zero attached hydrogens (tertiary/aromatic N) is 2. The normalized spacial score (nSPS) is 11.5. The number of hydrogen-bond donors (Lipinski definition) is 1. The van der Waals surface area contributed by atoms with Crippen molar-refractivity contribution in [3.8, 4) is 0 Å². The highest BCUT2D eigenvalue weighted by Crippen LogP contribution is 2.24. The highest BCUT2D eigenvalue weighted by molar-refractivity contribution is 7.92. The molecule has 22 heavy (non-hydrogen) atoms. The van der Waals surface area contributed by atoms with Crippen LogP contribution >= 0.6 is 0 Å². The van der Waals surface area contributed by atoms with Gasteiger partial charge < -0.3 is 0 Å². The first-order chi connectivity index (χ1) is 10.5. The zero-order valence-corrected chi connectivity index (χ0v) is 13.1. The number of anilines is 1. The van der Waals surface area contributed by atoms with E-state index in [2.05, 4.69) is 14.7 Å². The number of aromatic nitrogens is 2. The van der Waals surface area contributed by atoms with Crippen LogP contribution in [0.1, 0.15) is 11.1 Å². The minimum absolute atomic E-state index is 0.0118. The predicted molar refractivity (Wildman–Crippen MR) is 86.3 cm³/mol. The lowest BCUT2D eigenvalue weighted by atomic mass is 10.1. The van der Waals surface area contributed by atoms with Gasteiger partial charge in [-0.15, -0.1) is 0 Å². The molecule has 2 aromatic heterocycles. The molecule has 5 nitrogen and oxygen atoms in total. The predicted octanol–water partition coefficient (Wildman–Crippen LogP) is 3.05. The lowest BCUT2D eigenvalue weighted by molar-refractivity contribution is 0.597. The van der Waals surface area contributed by atoms with E-state index in [1.165, 1.54) is 12.3 Å². The Labute approximate surface area is 129 Å². The van der Waals surface area contributed by atoms with E-state index in [1.807, 2.05) is 26.0 Å². The summed E-state index contributed by atoms with van der Waals surface area (Å²) >= 11 is 0. The van der Waals surface area contributed by atoms with Crippen molar-refractivity contribution in [1.29, 1.82) is 0 Å². The van der Waals surface area contributed by atoms with Crippen LogP contribution in [-0.2, 0) is 10.0 Å². The maximum absolute atomic E-state index is 12.4. The number of fused-ring (bicyclic) bond motifs is 1. The first-order valence-electron chi connectivity index (χ1n) is 6.76. The van der Waals surface area contributed by atoms with E-state index in [9.17, 15) is 8.42 Å². The van der Waals surface area contributed by atoms with Crippen LogP contribution in [0.2, 0.25) is 0 Å². The lowest BCUT2D eigenvalue weighted by Crippen LogP contribution is -2.14. The maximum atomic E-state index is 12.4. The fraction of sp³-hybridized carbons (Fsp3) is 0.125. The number of para-hydroxylation sites is 1. The van der Waals surface area contributed by atoms with Crippen LogP contribution in [0.15, 0.2) is 53.8 Å². The van der Waals surface area contributed by atoms with Gasteiger partial charge in [0.05, 0.1) is 11.2 Å². The summed E-state index contributed by atoms with van der Waals surface area (Å²) in [5.74, 6) is 0. The van der Waals surface area contributed by atoms with Gasteiger partial charge in [0.1, 0.15) is 0 Å². The van der Waals surface area contributed by atoms with Gasteiger partial charge in [-0.1, -0.05) is 18.2 Å². The second-order valence-electron chi connectivity index (χ2n) is 5.17. The van der Waals surface area contributed by atoms with E-state index in [1.54, 1.807) is 24.4 Å². The van der Waals surface area contributed by atoms with Crippen LogP contribution in [0.4, 0.5) is 5.69 Å². The molecule has 1 aromatic carbocycles. The summed E-state index contributed by atoms with van der Waals surface area (Å²) in [6, 6.07) is 10.6. The molecule has 0 amide bonds. The Bertz CT molecular complexity index is 935. The third-order valence-electron chi connectivity index (χ3n) is 3.25. The van der Waals surface area contributed by atoms with Crippen molar-refractivity contribution in [2.24, 2.45) is 0 Å². The maximum Gasteiger partial charge on any atom is 0.279 e. The Kier molecular flexibility index (Phi) is 3.54. The van der Waals surface area contributed by atoms with Crippen molar-refractivity contribution in [3.63, 3.8) is 0 Å². The van der Waals surface area contributed by atoms with E-state index in [0.29, 0.717) is 11.2 Å². The zero-order valence-electron chi connectivity index (χ0n) is 12.2. The monoisotopic (exact) mass is 313 g/mol. The van der Waals surface area contributed by atoms with Gasteiger partial charge in [-0.05, 0) is 43.2 Å². The number of pyridine rings is 2. The van der Waals surface area contributed by atoms with E-state index in [-0.39, 0.29) is 5.03 Å². The second-order valence-corrected chi connectivity index (χ2v) is 6.80. The Hall–Kier alpha value is -2.47. The van der Waals surface area contributed by atoms with E-state index >= 15 is 0 Å². The van der Waals surface area contributed by atoms with Gasteiger partial charge in [-0.3, -0.25) is 9.71 Å². The molecule has 3 rings (SSSR count). The fourth-order valence-electron chi connectivity index (χ4n) is 2.16. The molecule has 0 atom stereocenters. The van der Waals surface area contributed by atoms with Crippen molar-refractivity contribution in [3.05, 3.63) is 59.9 Å². The number of rotatable bonds is 3. The third kappa shape index (κ3) is 2.78. The lowest BCUT2D eigenvalue weighted by Gasteiger charge is -2.10. The number of sulfonamides is 1. The number of benzene rings is 1. The molecular formula is C16H15N3O2S. The van der Waals surface area contributed by atoms with Gasteiger partial charge >= 0.3 is 0 Å². The summed E-state index contributed by atoms with van der Waals surface area (Å²) in [6.45, 7) is 3.80. The van der Waals surface area contributed by atoms with Gasteiger partial charge in [0, 0.05) is 17.8 Å². The Morgan fingerprint density at radius 3 is 2.45 bits per heavy atom. The molecule has 6 heteroatoms. The van der Waals surface area contributed by atoms with Crippen molar-refractivity contribution < 1.29 is 8.42 Å². The Morgan fingerprint density at radius 1 is 0.955 bits per heavy atom. The summed E-state index contributed by atoms with van der Waals surface area (Å²) in [5.41, 5.74) is 2.98.